The Labute approximate surface area is 134 Å². The summed E-state index contributed by atoms with van der Waals surface area (Å²) in [6.45, 7) is 1.44. The van der Waals surface area contributed by atoms with Crippen LogP contribution in [0.1, 0.15) is 17.7 Å². The monoisotopic (exact) mass is 317 g/mol. The lowest BCUT2D eigenvalue weighted by Gasteiger charge is -2.20. The highest BCUT2D eigenvalue weighted by molar-refractivity contribution is 7.99. The van der Waals surface area contributed by atoms with E-state index in [2.05, 4.69) is 16.0 Å². The maximum atomic E-state index is 12.5. The normalized spacial score (nSPS) is 14.3. The van der Waals surface area contributed by atoms with Crippen molar-refractivity contribution in [3.8, 4) is 5.75 Å². The van der Waals surface area contributed by atoms with Gasteiger partial charge in [-0.2, -0.15) is 0 Å². The van der Waals surface area contributed by atoms with E-state index in [9.17, 15) is 4.79 Å². The number of carbonyl (C=O) groups excluding carboxylic acids is 1. The maximum absolute atomic E-state index is 12.5. The van der Waals surface area contributed by atoms with Crippen LogP contribution in [0, 0.1) is 0 Å². The van der Waals surface area contributed by atoms with E-state index in [1.165, 1.54) is 4.90 Å². The van der Waals surface area contributed by atoms with Crippen LogP contribution in [-0.4, -0.2) is 40.2 Å². The Morgan fingerprint density at radius 2 is 2.41 bits per heavy atom. The van der Waals surface area contributed by atoms with Crippen LogP contribution in [0.25, 0.3) is 0 Å². The van der Waals surface area contributed by atoms with E-state index < -0.39 is 0 Å². The zero-order valence-electron chi connectivity index (χ0n) is 12.5. The molecule has 1 amide bonds. The van der Waals surface area contributed by atoms with Gasteiger partial charge in [-0.15, -0.1) is 11.8 Å². The fourth-order valence-corrected chi connectivity index (χ4v) is 3.54. The van der Waals surface area contributed by atoms with Crippen LogP contribution in [0.4, 0.5) is 0 Å². The van der Waals surface area contributed by atoms with Crippen LogP contribution in [0.3, 0.4) is 0 Å². The number of aryl methyl sites for hydroxylation is 1. The van der Waals surface area contributed by atoms with E-state index >= 15 is 0 Å². The number of hydrogen-bond donors (Lipinski definition) is 1. The number of nitrogens with zero attached hydrogens (tertiary/aromatic N) is 2. The van der Waals surface area contributed by atoms with Crippen LogP contribution in [0.15, 0.2) is 35.6 Å². The number of hydrogen-bond acceptors (Lipinski definition) is 4. The van der Waals surface area contributed by atoms with E-state index in [-0.39, 0.29) is 5.91 Å². The third-order valence-electron chi connectivity index (χ3n) is 3.76. The van der Waals surface area contributed by atoms with Crippen molar-refractivity contribution in [1.82, 2.24) is 14.9 Å². The van der Waals surface area contributed by atoms with Gasteiger partial charge in [-0.1, -0.05) is 0 Å². The first kappa shape index (κ1) is 15.0. The average Bonchev–Trinajstić information content (AvgIpc) is 2.97. The molecule has 0 bridgehead atoms. The highest BCUT2D eigenvalue weighted by atomic mass is 32.2. The fourth-order valence-electron chi connectivity index (χ4n) is 2.53. The molecule has 1 aliphatic heterocycles. The predicted molar refractivity (Wildman–Crippen MR) is 86.0 cm³/mol. The first-order valence-electron chi connectivity index (χ1n) is 7.31. The van der Waals surface area contributed by atoms with Crippen molar-refractivity contribution in [1.29, 1.82) is 0 Å². The summed E-state index contributed by atoms with van der Waals surface area (Å²) in [7, 11) is 1.67. The quantitative estimate of drug-likeness (QED) is 0.941. The molecule has 0 radical (unpaired) electrons. The molecule has 1 aromatic heterocycles. The topological polar surface area (TPSA) is 58.2 Å². The Morgan fingerprint density at radius 1 is 1.50 bits per heavy atom. The van der Waals surface area contributed by atoms with Crippen molar-refractivity contribution in [3.05, 3.63) is 42.0 Å². The van der Waals surface area contributed by atoms with Crippen molar-refractivity contribution in [3.63, 3.8) is 0 Å². The number of carbonyl (C=O) groups is 1. The molecule has 1 aliphatic rings. The Morgan fingerprint density at radius 3 is 3.18 bits per heavy atom. The molecule has 1 N–H and O–H groups in total. The van der Waals surface area contributed by atoms with E-state index in [0.717, 1.165) is 29.3 Å². The average molecular weight is 317 g/mol. The smallest absolute Gasteiger partial charge is 0.223 e. The molecule has 1 aromatic carbocycles. The van der Waals surface area contributed by atoms with Crippen LogP contribution in [0.5, 0.6) is 5.75 Å². The zero-order chi connectivity index (χ0) is 15.4. The number of benzene rings is 1. The van der Waals surface area contributed by atoms with E-state index in [1.54, 1.807) is 31.4 Å². The first-order chi connectivity index (χ1) is 10.8. The minimum Gasteiger partial charge on any atom is -0.497 e. The van der Waals surface area contributed by atoms with Gasteiger partial charge in [0.15, 0.2) is 0 Å². The number of H-pyrrole nitrogens is 1. The van der Waals surface area contributed by atoms with Gasteiger partial charge in [0.25, 0.3) is 0 Å². The van der Waals surface area contributed by atoms with E-state index in [0.29, 0.717) is 19.4 Å². The van der Waals surface area contributed by atoms with Gasteiger partial charge in [0.2, 0.25) is 5.91 Å². The second-order valence-corrected chi connectivity index (χ2v) is 6.35. The lowest BCUT2D eigenvalue weighted by molar-refractivity contribution is -0.131. The Bertz CT molecular complexity index is 643. The van der Waals surface area contributed by atoms with Gasteiger partial charge < -0.3 is 14.6 Å². The van der Waals surface area contributed by atoms with Crippen molar-refractivity contribution < 1.29 is 9.53 Å². The lowest BCUT2D eigenvalue weighted by atomic mass is 10.1. The number of aromatic nitrogens is 2. The number of ether oxygens (including phenoxy) is 1. The van der Waals surface area contributed by atoms with Gasteiger partial charge in [0, 0.05) is 42.0 Å². The molecule has 0 saturated heterocycles. The molecule has 0 atom stereocenters. The second kappa shape index (κ2) is 6.87. The number of amides is 1. The van der Waals surface area contributed by atoms with E-state index in [4.69, 9.17) is 4.74 Å². The van der Waals surface area contributed by atoms with Gasteiger partial charge >= 0.3 is 0 Å². The van der Waals surface area contributed by atoms with Crippen molar-refractivity contribution in [2.75, 3.05) is 19.4 Å². The number of methoxy groups -OCH3 is 1. The summed E-state index contributed by atoms with van der Waals surface area (Å²) in [6.07, 6.45) is 4.62. The van der Waals surface area contributed by atoms with Gasteiger partial charge in [0.1, 0.15) is 5.75 Å². The highest BCUT2D eigenvalue weighted by Crippen LogP contribution is 2.30. The predicted octanol–water partition coefficient (Wildman–Crippen LogP) is 2.49. The second-order valence-electron chi connectivity index (χ2n) is 5.21. The summed E-state index contributed by atoms with van der Waals surface area (Å²) in [5, 5.41) is 0. The number of imidazole rings is 1. The van der Waals surface area contributed by atoms with Gasteiger partial charge in [-0.05, 0) is 30.2 Å². The summed E-state index contributed by atoms with van der Waals surface area (Å²) >= 11 is 1.80. The van der Waals surface area contributed by atoms with Gasteiger partial charge in [0.05, 0.1) is 13.4 Å². The molecule has 0 fully saturated rings. The van der Waals surface area contributed by atoms with Crippen LogP contribution in [-0.2, 0) is 17.8 Å². The summed E-state index contributed by atoms with van der Waals surface area (Å²) in [5.41, 5.74) is 2.16. The Kier molecular flexibility index (Phi) is 4.68. The molecule has 2 heterocycles. The van der Waals surface area contributed by atoms with Crippen LogP contribution >= 0.6 is 11.8 Å². The Balaban J connectivity index is 1.67. The summed E-state index contributed by atoms with van der Waals surface area (Å²) in [4.78, 5) is 22.7. The SMILES string of the molecule is COc1ccc2c(c1)CN(C(=O)CCc1cnc[nH]1)CCS2. The van der Waals surface area contributed by atoms with Crippen LogP contribution < -0.4 is 4.74 Å². The van der Waals surface area contributed by atoms with Crippen molar-refractivity contribution in [2.45, 2.75) is 24.3 Å². The first-order valence-corrected chi connectivity index (χ1v) is 8.29. The number of thioether (sulfide) groups is 1. The molecular formula is C16H19N3O2S. The minimum absolute atomic E-state index is 0.186. The molecule has 0 saturated carbocycles. The zero-order valence-corrected chi connectivity index (χ0v) is 13.4. The molecular weight excluding hydrogens is 298 g/mol. The summed E-state index contributed by atoms with van der Waals surface area (Å²) < 4.78 is 5.29. The number of aromatic amines is 1. The van der Waals surface area contributed by atoms with Crippen LogP contribution in [0.2, 0.25) is 0 Å². The van der Waals surface area contributed by atoms with Crippen molar-refractivity contribution in [2.24, 2.45) is 0 Å². The van der Waals surface area contributed by atoms with Gasteiger partial charge in [-0.3, -0.25) is 4.79 Å². The molecule has 5 nitrogen and oxygen atoms in total. The number of fused-ring (bicyclic) bond motifs is 1. The summed E-state index contributed by atoms with van der Waals surface area (Å²) in [5.74, 6) is 1.95. The third kappa shape index (κ3) is 3.44. The standard InChI is InChI=1S/C16H19N3O2S/c1-21-14-3-4-15-12(8-14)10-19(6-7-22-15)16(20)5-2-13-9-17-11-18-13/h3-4,8-9,11H,2,5-7,10H2,1H3,(H,17,18). The number of nitrogens with one attached hydrogen (secondary N) is 1. The Hall–Kier alpha value is -1.95. The largest absolute Gasteiger partial charge is 0.497 e. The van der Waals surface area contributed by atoms with Gasteiger partial charge in [-0.25, -0.2) is 4.98 Å². The molecule has 0 unspecified atom stereocenters. The maximum Gasteiger partial charge on any atom is 0.223 e. The molecule has 116 valence electrons. The third-order valence-corrected chi connectivity index (χ3v) is 4.86. The number of rotatable bonds is 4. The van der Waals surface area contributed by atoms with E-state index in [1.807, 2.05) is 17.0 Å². The molecule has 2 aromatic rings. The molecule has 0 aliphatic carbocycles. The molecule has 22 heavy (non-hydrogen) atoms. The highest BCUT2D eigenvalue weighted by Gasteiger charge is 2.19. The minimum atomic E-state index is 0.186. The fraction of sp³-hybridized carbons (Fsp3) is 0.375. The summed E-state index contributed by atoms with van der Waals surface area (Å²) in [6, 6.07) is 6.09. The molecule has 0 spiro atoms. The lowest BCUT2D eigenvalue weighted by Crippen LogP contribution is -2.31. The molecule has 3 rings (SSSR count). The van der Waals surface area contributed by atoms with Crippen molar-refractivity contribution >= 4 is 17.7 Å². The molecule has 6 heteroatoms.